The van der Waals surface area contributed by atoms with Crippen LogP contribution in [0, 0.1) is 18.3 Å². The molecule has 0 spiro atoms. The number of benzene rings is 1. The molecule has 4 heteroatoms. The fourth-order valence-electron chi connectivity index (χ4n) is 1.71. The highest BCUT2D eigenvalue weighted by atomic mass is 16.5. The summed E-state index contributed by atoms with van der Waals surface area (Å²) < 4.78 is 9.52. The molecule has 0 radical (unpaired) electrons. The molecule has 0 aliphatic heterocycles. The molecular weight excluding hydrogens is 244 g/mol. The molecule has 1 rings (SSSR count). The average molecular weight is 260 g/mol. The maximum atomic E-state index is 11.8. The van der Waals surface area contributed by atoms with Crippen molar-refractivity contribution < 1.29 is 19.1 Å². The van der Waals surface area contributed by atoms with Gasteiger partial charge in [0.2, 0.25) is 0 Å². The Kier molecular flexibility index (Phi) is 5.62. The third kappa shape index (κ3) is 3.85. The van der Waals surface area contributed by atoms with E-state index in [1.807, 2.05) is 0 Å². The molecule has 0 aliphatic carbocycles. The quantitative estimate of drug-likeness (QED) is 0.458. The van der Waals surface area contributed by atoms with Gasteiger partial charge < -0.3 is 9.47 Å². The van der Waals surface area contributed by atoms with Gasteiger partial charge in [0, 0.05) is 5.56 Å². The van der Waals surface area contributed by atoms with Crippen LogP contribution in [0.1, 0.15) is 18.1 Å². The number of terminal acetylenes is 1. The lowest BCUT2D eigenvalue weighted by Gasteiger charge is -2.14. The van der Waals surface area contributed by atoms with Crippen molar-refractivity contribution in [1.82, 2.24) is 0 Å². The summed E-state index contributed by atoms with van der Waals surface area (Å²) >= 11 is 0. The largest absolute Gasteiger partial charge is 0.468 e. The molecule has 1 unspecified atom stereocenters. The monoisotopic (exact) mass is 260 g/mol. The number of hydrogen-bond acceptors (Lipinski definition) is 4. The van der Waals surface area contributed by atoms with E-state index in [0.717, 1.165) is 5.56 Å². The highest BCUT2D eigenvalue weighted by Gasteiger charge is 2.29. The number of hydrogen-bond donors (Lipinski definition) is 0. The van der Waals surface area contributed by atoms with Crippen LogP contribution in [0.15, 0.2) is 24.3 Å². The van der Waals surface area contributed by atoms with E-state index >= 15 is 0 Å². The molecule has 1 aromatic carbocycles. The number of carbonyl (C=O) groups excluding carboxylic acids is 2. The first-order valence-corrected chi connectivity index (χ1v) is 5.93. The molecular formula is C15H16O4. The van der Waals surface area contributed by atoms with Gasteiger partial charge in [0.25, 0.3) is 0 Å². The molecule has 0 fully saturated rings. The molecule has 0 heterocycles. The van der Waals surface area contributed by atoms with E-state index < -0.39 is 17.9 Å². The van der Waals surface area contributed by atoms with Gasteiger partial charge >= 0.3 is 11.9 Å². The summed E-state index contributed by atoms with van der Waals surface area (Å²) in [6, 6.07) is 7.14. The Hall–Kier alpha value is -2.28. The van der Waals surface area contributed by atoms with Crippen molar-refractivity contribution in [3.05, 3.63) is 35.4 Å². The molecule has 0 bridgehead atoms. The van der Waals surface area contributed by atoms with E-state index in [1.165, 1.54) is 7.11 Å². The van der Waals surface area contributed by atoms with Gasteiger partial charge in [-0.05, 0) is 25.0 Å². The summed E-state index contributed by atoms with van der Waals surface area (Å²) in [5.74, 6) is 0.322. The number of esters is 2. The summed E-state index contributed by atoms with van der Waals surface area (Å²) in [4.78, 5) is 23.4. The van der Waals surface area contributed by atoms with Crippen molar-refractivity contribution in [3.63, 3.8) is 0 Å². The number of rotatable bonds is 5. The van der Waals surface area contributed by atoms with Crippen molar-refractivity contribution >= 4 is 11.9 Å². The minimum atomic E-state index is -0.987. The van der Waals surface area contributed by atoms with E-state index in [1.54, 1.807) is 31.2 Å². The van der Waals surface area contributed by atoms with Gasteiger partial charge in [0.05, 0.1) is 13.7 Å². The van der Waals surface area contributed by atoms with Crippen LogP contribution < -0.4 is 0 Å². The zero-order valence-electron chi connectivity index (χ0n) is 11.0. The van der Waals surface area contributed by atoms with Gasteiger partial charge in [-0.15, -0.1) is 6.42 Å². The molecule has 0 N–H and O–H groups in total. The predicted octanol–water partition coefficient (Wildman–Crippen LogP) is 1.56. The summed E-state index contributed by atoms with van der Waals surface area (Å²) in [7, 11) is 1.24. The van der Waals surface area contributed by atoms with Crippen LogP contribution in [-0.2, 0) is 25.5 Å². The topological polar surface area (TPSA) is 52.6 Å². The molecule has 1 atom stereocenters. The molecule has 0 aliphatic rings. The molecule has 4 nitrogen and oxygen atoms in total. The Labute approximate surface area is 112 Å². The van der Waals surface area contributed by atoms with E-state index in [2.05, 4.69) is 10.7 Å². The number of carbonyl (C=O) groups is 2. The maximum absolute atomic E-state index is 11.8. The first-order chi connectivity index (χ1) is 9.13. The third-order valence-corrected chi connectivity index (χ3v) is 2.65. The summed E-state index contributed by atoms with van der Waals surface area (Å²) in [6.07, 6.45) is 5.56. The summed E-state index contributed by atoms with van der Waals surface area (Å²) in [6.45, 7) is 1.89. The highest BCUT2D eigenvalue weighted by Crippen LogP contribution is 2.16. The average Bonchev–Trinajstić information content (AvgIpc) is 2.44. The number of ether oxygens (including phenoxy) is 2. The molecule has 0 aromatic heterocycles. The molecule has 1 aromatic rings. The SMILES string of the molecule is C#Cc1ccccc1CC(C(=O)OC)C(=O)OCC. The van der Waals surface area contributed by atoms with Crippen LogP contribution in [-0.4, -0.2) is 25.7 Å². The lowest BCUT2D eigenvalue weighted by molar-refractivity contribution is -0.160. The van der Waals surface area contributed by atoms with E-state index in [-0.39, 0.29) is 13.0 Å². The van der Waals surface area contributed by atoms with Gasteiger partial charge in [-0.1, -0.05) is 24.1 Å². The lowest BCUT2D eigenvalue weighted by atomic mass is 9.96. The van der Waals surface area contributed by atoms with Crippen LogP contribution in [0.3, 0.4) is 0 Å². The van der Waals surface area contributed by atoms with Crippen molar-refractivity contribution in [1.29, 1.82) is 0 Å². The first-order valence-electron chi connectivity index (χ1n) is 5.93. The van der Waals surface area contributed by atoms with Gasteiger partial charge in [-0.25, -0.2) is 0 Å². The second-order valence-corrected chi connectivity index (χ2v) is 3.83. The Morgan fingerprint density at radius 2 is 2.00 bits per heavy atom. The van der Waals surface area contributed by atoms with Crippen molar-refractivity contribution in [2.24, 2.45) is 5.92 Å². The van der Waals surface area contributed by atoms with Crippen molar-refractivity contribution in [3.8, 4) is 12.3 Å². The van der Waals surface area contributed by atoms with Crippen LogP contribution >= 0.6 is 0 Å². The Balaban J connectivity index is 2.98. The first kappa shape index (κ1) is 14.8. The summed E-state index contributed by atoms with van der Waals surface area (Å²) in [5.41, 5.74) is 1.40. The standard InChI is InChI=1S/C15H16O4/c1-4-11-8-6-7-9-12(11)10-13(14(16)18-3)15(17)19-5-2/h1,6-9,13H,5,10H2,2-3H3. The normalized spacial score (nSPS) is 11.2. The lowest BCUT2D eigenvalue weighted by Crippen LogP contribution is -2.29. The van der Waals surface area contributed by atoms with E-state index in [4.69, 9.17) is 11.2 Å². The maximum Gasteiger partial charge on any atom is 0.320 e. The van der Waals surface area contributed by atoms with Gasteiger partial charge in [-0.2, -0.15) is 0 Å². The minimum absolute atomic E-state index is 0.172. The Morgan fingerprint density at radius 3 is 2.58 bits per heavy atom. The van der Waals surface area contributed by atoms with E-state index in [0.29, 0.717) is 5.56 Å². The zero-order chi connectivity index (χ0) is 14.3. The molecule has 0 amide bonds. The fraction of sp³-hybridized carbons (Fsp3) is 0.333. The van der Waals surface area contributed by atoms with Gasteiger partial charge in [0.15, 0.2) is 5.92 Å². The van der Waals surface area contributed by atoms with Gasteiger partial charge in [0.1, 0.15) is 0 Å². The zero-order valence-corrected chi connectivity index (χ0v) is 11.0. The predicted molar refractivity (Wildman–Crippen MR) is 70.2 cm³/mol. The second-order valence-electron chi connectivity index (χ2n) is 3.83. The Morgan fingerprint density at radius 1 is 1.32 bits per heavy atom. The summed E-state index contributed by atoms with van der Waals surface area (Å²) in [5, 5.41) is 0. The second kappa shape index (κ2) is 7.22. The van der Waals surface area contributed by atoms with E-state index in [9.17, 15) is 9.59 Å². The third-order valence-electron chi connectivity index (χ3n) is 2.65. The van der Waals surface area contributed by atoms with Gasteiger partial charge in [-0.3, -0.25) is 9.59 Å². The van der Waals surface area contributed by atoms with Crippen molar-refractivity contribution in [2.45, 2.75) is 13.3 Å². The smallest absolute Gasteiger partial charge is 0.320 e. The number of methoxy groups -OCH3 is 1. The molecule has 0 saturated carbocycles. The highest BCUT2D eigenvalue weighted by molar-refractivity contribution is 5.95. The Bertz CT molecular complexity index is 499. The van der Waals surface area contributed by atoms with Crippen LogP contribution in [0.5, 0.6) is 0 Å². The minimum Gasteiger partial charge on any atom is -0.468 e. The molecule has 0 saturated heterocycles. The van der Waals surface area contributed by atoms with Crippen LogP contribution in [0.2, 0.25) is 0 Å². The van der Waals surface area contributed by atoms with Crippen LogP contribution in [0.4, 0.5) is 0 Å². The van der Waals surface area contributed by atoms with Crippen LogP contribution in [0.25, 0.3) is 0 Å². The van der Waals surface area contributed by atoms with Crippen molar-refractivity contribution in [2.75, 3.05) is 13.7 Å². The fourth-order valence-corrected chi connectivity index (χ4v) is 1.71. The molecule has 100 valence electrons. The molecule has 19 heavy (non-hydrogen) atoms.